The number of amides is 1. The maximum Gasteiger partial charge on any atom is 0.273 e. The van der Waals surface area contributed by atoms with Gasteiger partial charge in [-0.05, 0) is 31.0 Å². The predicted octanol–water partition coefficient (Wildman–Crippen LogP) is 2.65. The topological polar surface area (TPSA) is 65.5 Å². The smallest absolute Gasteiger partial charge is 0.273 e. The van der Waals surface area contributed by atoms with Gasteiger partial charge in [0.2, 0.25) is 0 Å². The molecule has 2 aromatic heterocycles. The minimum atomic E-state index is 0.0316. The van der Waals surface area contributed by atoms with E-state index in [0.717, 1.165) is 42.9 Å². The summed E-state index contributed by atoms with van der Waals surface area (Å²) in [6, 6.07) is 6.42. The third-order valence-electron chi connectivity index (χ3n) is 5.59. The van der Waals surface area contributed by atoms with Gasteiger partial charge in [0.1, 0.15) is 17.8 Å². The largest absolute Gasteiger partial charge is 0.368 e. The van der Waals surface area contributed by atoms with E-state index in [0.29, 0.717) is 18.8 Å². The fraction of sp³-hybridized carbons (Fsp3) is 0.400. The molecular formula is C20H22N6OS. The van der Waals surface area contributed by atoms with Crippen molar-refractivity contribution in [1.82, 2.24) is 19.9 Å². The molecule has 0 saturated carbocycles. The van der Waals surface area contributed by atoms with E-state index in [1.807, 2.05) is 10.3 Å². The first-order valence-corrected chi connectivity index (χ1v) is 10.7. The lowest BCUT2D eigenvalue weighted by molar-refractivity contribution is 0.0741. The van der Waals surface area contributed by atoms with Crippen LogP contribution in [0.2, 0.25) is 0 Å². The molecule has 144 valence electrons. The third-order valence-corrected chi connectivity index (χ3v) is 6.17. The van der Waals surface area contributed by atoms with Crippen molar-refractivity contribution in [2.24, 2.45) is 0 Å². The van der Waals surface area contributed by atoms with Gasteiger partial charge in [-0.3, -0.25) is 4.79 Å². The summed E-state index contributed by atoms with van der Waals surface area (Å²) in [5.41, 5.74) is 4.41. The van der Waals surface area contributed by atoms with E-state index in [-0.39, 0.29) is 5.91 Å². The number of thiazole rings is 1. The summed E-state index contributed by atoms with van der Waals surface area (Å²) < 4.78 is 0. The first-order chi connectivity index (χ1) is 13.8. The highest BCUT2D eigenvalue weighted by Gasteiger charge is 2.24. The second-order valence-corrected chi connectivity index (χ2v) is 7.96. The first kappa shape index (κ1) is 17.4. The SMILES string of the molecule is O=C(c1cscn1)N1CCN(c2ccc3ncnc(N4CCCC4)c3c2)CC1. The maximum absolute atomic E-state index is 12.5. The molecule has 0 atom stereocenters. The molecule has 5 rings (SSSR count). The Kier molecular flexibility index (Phi) is 4.56. The van der Waals surface area contributed by atoms with E-state index in [2.05, 4.69) is 43.0 Å². The molecule has 0 aliphatic carbocycles. The zero-order valence-corrected chi connectivity index (χ0v) is 16.4. The molecule has 2 fully saturated rings. The highest BCUT2D eigenvalue weighted by atomic mass is 32.1. The molecule has 2 aliphatic heterocycles. The van der Waals surface area contributed by atoms with Gasteiger partial charge in [-0.15, -0.1) is 11.3 Å². The van der Waals surface area contributed by atoms with E-state index >= 15 is 0 Å². The van der Waals surface area contributed by atoms with Crippen molar-refractivity contribution in [3.63, 3.8) is 0 Å². The highest BCUT2D eigenvalue weighted by Crippen LogP contribution is 2.30. The van der Waals surface area contributed by atoms with Gasteiger partial charge in [-0.25, -0.2) is 15.0 Å². The van der Waals surface area contributed by atoms with Crippen LogP contribution in [0.4, 0.5) is 11.5 Å². The van der Waals surface area contributed by atoms with Crippen LogP contribution in [-0.2, 0) is 0 Å². The quantitative estimate of drug-likeness (QED) is 0.680. The Balaban J connectivity index is 1.35. The lowest BCUT2D eigenvalue weighted by Gasteiger charge is -2.36. The molecule has 2 aliphatic rings. The van der Waals surface area contributed by atoms with Crippen molar-refractivity contribution < 1.29 is 4.79 Å². The van der Waals surface area contributed by atoms with E-state index in [1.165, 1.54) is 29.9 Å². The number of fused-ring (bicyclic) bond motifs is 1. The van der Waals surface area contributed by atoms with Crippen molar-refractivity contribution in [3.05, 3.63) is 41.1 Å². The lowest BCUT2D eigenvalue weighted by atomic mass is 10.1. The minimum absolute atomic E-state index is 0.0316. The molecular weight excluding hydrogens is 372 g/mol. The van der Waals surface area contributed by atoms with Crippen LogP contribution in [0.25, 0.3) is 10.9 Å². The van der Waals surface area contributed by atoms with Crippen LogP contribution in [-0.4, -0.2) is 65.0 Å². The summed E-state index contributed by atoms with van der Waals surface area (Å²) in [6.45, 7) is 5.17. The Hall–Kier alpha value is -2.74. The van der Waals surface area contributed by atoms with Gasteiger partial charge in [0.15, 0.2) is 0 Å². The van der Waals surface area contributed by atoms with E-state index < -0.39 is 0 Å². The number of aromatic nitrogens is 3. The van der Waals surface area contributed by atoms with Gasteiger partial charge in [0.05, 0.1) is 11.0 Å². The lowest BCUT2D eigenvalue weighted by Crippen LogP contribution is -2.48. The van der Waals surface area contributed by atoms with Gasteiger partial charge in [-0.1, -0.05) is 0 Å². The minimum Gasteiger partial charge on any atom is -0.368 e. The number of anilines is 2. The maximum atomic E-state index is 12.5. The molecule has 7 nitrogen and oxygen atoms in total. The number of hydrogen-bond donors (Lipinski definition) is 0. The van der Waals surface area contributed by atoms with Crippen molar-refractivity contribution >= 4 is 39.7 Å². The van der Waals surface area contributed by atoms with Crippen molar-refractivity contribution in [3.8, 4) is 0 Å². The Morgan fingerprint density at radius 2 is 1.75 bits per heavy atom. The fourth-order valence-corrected chi connectivity index (χ4v) is 4.58. The number of nitrogens with zero attached hydrogens (tertiary/aromatic N) is 6. The van der Waals surface area contributed by atoms with E-state index in [9.17, 15) is 4.79 Å². The molecule has 8 heteroatoms. The number of carbonyl (C=O) groups excluding carboxylic acids is 1. The summed E-state index contributed by atoms with van der Waals surface area (Å²) in [7, 11) is 0. The molecule has 1 amide bonds. The second kappa shape index (κ2) is 7.35. The average Bonchev–Trinajstić information content (AvgIpc) is 3.47. The fourth-order valence-electron chi connectivity index (χ4n) is 4.06. The summed E-state index contributed by atoms with van der Waals surface area (Å²) in [6.07, 6.45) is 4.11. The number of hydrogen-bond acceptors (Lipinski definition) is 7. The van der Waals surface area contributed by atoms with Crippen LogP contribution in [0.5, 0.6) is 0 Å². The molecule has 4 heterocycles. The number of piperazine rings is 1. The van der Waals surface area contributed by atoms with Gasteiger partial charge >= 0.3 is 0 Å². The summed E-state index contributed by atoms with van der Waals surface area (Å²) >= 11 is 1.46. The summed E-state index contributed by atoms with van der Waals surface area (Å²) in [4.78, 5) is 32.3. The van der Waals surface area contributed by atoms with Gasteiger partial charge < -0.3 is 14.7 Å². The monoisotopic (exact) mass is 394 g/mol. The normalized spacial score (nSPS) is 17.5. The Morgan fingerprint density at radius 3 is 2.50 bits per heavy atom. The average molecular weight is 395 g/mol. The van der Waals surface area contributed by atoms with Crippen LogP contribution in [0.15, 0.2) is 35.4 Å². The molecule has 0 bridgehead atoms. The third kappa shape index (κ3) is 3.17. The van der Waals surface area contributed by atoms with E-state index in [4.69, 9.17) is 0 Å². The molecule has 2 saturated heterocycles. The van der Waals surface area contributed by atoms with Crippen LogP contribution >= 0.6 is 11.3 Å². The number of rotatable bonds is 3. The standard InChI is InChI=1S/C20H22N6OS/c27-20(18-12-28-14-23-18)26-9-7-24(8-10-26)15-3-4-17-16(11-15)19(22-13-21-17)25-5-1-2-6-25/h3-4,11-14H,1-2,5-10H2. The predicted molar refractivity (Wildman–Crippen MR) is 111 cm³/mol. The molecule has 0 unspecified atom stereocenters. The van der Waals surface area contributed by atoms with Gasteiger partial charge in [0, 0.05) is 55.7 Å². The Bertz CT molecular complexity index is 978. The first-order valence-electron chi connectivity index (χ1n) is 9.72. The van der Waals surface area contributed by atoms with Crippen LogP contribution < -0.4 is 9.80 Å². The van der Waals surface area contributed by atoms with Crippen LogP contribution in [0.3, 0.4) is 0 Å². The van der Waals surface area contributed by atoms with Crippen LogP contribution in [0.1, 0.15) is 23.3 Å². The zero-order valence-electron chi connectivity index (χ0n) is 15.6. The second-order valence-electron chi connectivity index (χ2n) is 7.25. The van der Waals surface area contributed by atoms with E-state index in [1.54, 1.807) is 11.8 Å². The summed E-state index contributed by atoms with van der Waals surface area (Å²) in [5.74, 6) is 1.07. The molecule has 0 radical (unpaired) electrons. The molecule has 28 heavy (non-hydrogen) atoms. The van der Waals surface area contributed by atoms with Crippen LogP contribution in [0, 0.1) is 0 Å². The molecule has 1 aromatic carbocycles. The number of benzene rings is 1. The summed E-state index contributed by atoms with van der Waals surface area (Å²) in [5, 5.41) is 2.93. The highest BCUT2D eigenvalue weighted by molar-refractivity contribution is 7.07. The Morgan fingerprint density at radius 1 is 0.929 bits per heavy atom. The van der Waals surface area contributed by atoms with Crippen molar-refractivity contribution in [2.45, 2.75) is 12.8 Å². The van der Waals surface area contributed by atoms with Crippen molar-refractivity contribution in [1.29, 1.82) is 0 Å². The molecule has 3 aromatic rings. The van der Waals surface area contributed by atoms with Gasteiger partial charge in [0.25, 0.3) is 5.91 Å². The van der Waals surface area contributed by atoms with Crippen molar-refractivity contribution in [2.75, 3.05) is 49.1 Å². The van der Waals surface area contributed by atoms with Gasteiger partial charge in [-0.2, -0.15) is 0 Å². The molecule has 0 N–H and O–H groups in total. The number of carbonyl (C=O) groups is 1. The zero-order chi connectivity index (χ0) is 18.9. The Labute approximate surface area is 167 Å². The molecule has 0 spiro atoms.